The van der Waals surface area contributed by atoms with Crippen molar-refractivity contribution in [2.45, 2.75) is 13.8 Å². The maximum Gasteiger partial charge on any atom is 0.234 e. The molecule has 0 N–H and O–H groups in total. The Morgan fingerprint density at radius 3 is 1.53 bits per heavy atom. The molecule has 0 fully saturated rings. The molecule has 2 aromatic heterocycles. The van der Waals surface area contributed by atoms with Crippen molar-refractivity contribution < 1.29 is 22.0 Å². The van der Waals surface area contributed by atoms with Crippen molar-refractivity contribution >= 4 is 49.3 Å². The molecule has 0 amide bonds. The predicted octanol–water partition coefficient (Wildman–Crippen LogP) is 11.4. The topological polar surface area (TPSA) is 14.2 Å². The summed E-state index contributed by atoms with van der Waals surface area (Å²) < 4.78 is 78.7. The third kappa shape index (κ3) is 3.96. The molecule has 0 spiro atoms. The van der Waals surface area contributed by atoms with Gasteiger partial charge >= 0.3 is 0 Å². The lowest BCUT2D eigenvalue weighted by Crippen LogP contribution is -2.08. The van der Waals surface area contributed by atoms with Crippen LogP contribution >= 0.6 is 0 Å². The number of fused-ring (bicyclic) bond motifs is 6. The summed E-state index contributed by atoms with van der Waals surface area (Å²) >= 11 is 0. The van der Waals surface area contributed by atoms with Crippen molar-refractivity contribution in [3.63, 3.8) is 0 Å². The van der Waals surface area contributed by atoms with Crippen molar-refractivity contribution in [2.24, 2.45) is 0 Å². The third-order valence-electron chi connectivity index (χ3n) is 8.84. The number of hydrogen-bond acceptors (Lipinski definition) is 0. The van der Waals surface area contributed by atoms with Crippen LogP contribution in [-0.2, 0) is 0 Å². The van der Waals surface area contributed by atoms with E-state index < -0.39 is 34.6 Å². The minimum Gasteiger partial charge on any atom is -0.319 e. The molecule has 8 heteroatoms. The van der Waals surface area contributed by atoms with E-state index in [4.69, 9.17) is 6.57 Å². The molecule has 3 nitrogen and oxygen atoms in total. The standard InChI is InChI=1S/C39H22F5N3/c1-20-12-14-24-22-8-4-6-10-27(22)46(30(24)18-20)29-17-16-26(32-33(40)35(42)37(44)36(43)34(32)41)39(38(29)45-3)47-28-11-7-5-9-23(28)25-15-13-21(2)19-31(25)47/h4-19H,1-2H3. The van der Waals surface area contributed by atoms with Crippen LogP contribution in [0.3, 0.4) is 0 Å². The van der Waals surface area contributed by atoms with E-state index >= 15 is 8.78 Å². The highest BCUT2D eigenvalue weighted by molar-refractivity contribution is 6.12. The Hall–Kier alpha value is -5.94. The molecule has 228 valence electrons. The summed E-state index contributed by atoms with van der Waals surface area (Å²) in [7, 11) is 0. The fourth-order valence-corrected chi connectivity index (χ4v) is 6.79. The molecule has 0 atom stereocenters. The average molecular weight is 628 g/mol. The minimum atomic E-state index is -2.25. The first-order valence-corrected chi connectivity index (χ1v) is 14.8. The summed E-state index contributed by atoms with van der Waals surface area (Å²) in [5.74, 6) is -10.3. The summed E-state index contributed by atoms with van der Waals surface area (Å²) in [6.45, 7) is 12.4. The van der Waals surface area contributed by atoms with Gasteiger partial charge in [-0.3, -0.25) is 0 Å². The first kappa shape index (κ1) is 28.5. The molecule has 2 heterocycles. The number of hydrogen-bond donors (Lipinski definition) is 0. The summed E-state index contributed by atoms with van der Waals surface area (Å²) in [4.78, 5) is 3.96. The number of aryl methyl sites for hydroxylation is 2. The first-order valence-electron chi connectivity index (χ1n) is 14.8. The molecule has 0 bridgehead atoms. The van der Waals surface area contributed by atoms with Crippen LogP contribution in [0.4, 0.5) is 27.6 Å². The highest BCUT2D eigenvalue weighted by atomic mass is 19.2. The van der Waals surface area contributed by atoms with E-state index in [-0.39, 0.29) is 16.9 Å². The van der Waals surface area contributed by atoms with Gasteiger partial charge in [-0.15, -0.1) is 0 Å². The van der Waals surface area contributed by atoms with E-state index in [1.54, 1.807) is 16.7 Å². The minimum absolute atomic E-state index is 0.00362. The fourth-order valence-electron chi connectivity index (χ4n) is 6.79. The lowest BCUT2D eigenvalue weighted by atomic mass is 9.98. The third-order valence-corrected chi connectivity index (χ3v) is 8.84. The zero-order valence-corrected chi connectivity index (χ0v) is 25.0. The molecule has 0 aliphatic heterocycles. The summed E-state index contributed by atoms with van der Waals surface area (Å²) in [6, 6.07) is 29.6. The van der Waals surface area contributed by atoms with Crippen LogP contribution in [0.5, 0.6) is 0 Å². The lowest BCUT2D eigenvalue weighted by Gasteiger charge is -2.21. The van der Waals surface area contributed by atoms with Gasteiger partial charge in [-0.25, -0.2) is 26.8 Å². The van der Waals surface area contributed by atoms with Crippen LogP contribution < -0.4 is 0 Å². The number of benzene rings is 6. The predicted molar refractivity (Wildman–Crippen MR) is 176 cm³/mol. The number of halogens is 5. The van der Waals surface area contributed by atoms with Gasteiger partial charge in [0.05, 0.1) is 45.6 Å². The van der Waals surface area contributed by atoms with Crippen LogP contribution in [0.25, 0.3) is 71.0 Å². The van der Waals surface area contributed by atoms with Crippen LogP contribution in [-0.4, -0.2) is 9.13 Å². The van der Waals surface area contributed by atoms with Gasteiger partial charge < -0.3 is 9.13 Å². The quantitative estimate of drug-likeness (QED) is 0.0801. The van der Waals surface area contributed by atoms with Crippen molar-refractivity contribution in [2.75, 3.05) is 0 Å². The second kappa shape index (κ2) is 10.3. The molecule has 0 saturated carbocycles. The van der Waals surface area contributed by atoms with E-state index in [0.717, 1.165) is 43.7 Å². The number of nitrogens with zero attached hydrogens (tertiary/aromatic N) is 3. The van der Waals surface area contributed by atoms with Gasteiger partial charge in [-0.1, -0.05) is 66.7 Å². The van der Waals surface area contributed by atoms with Crippen molar-refractivity contribution in [1.29, 1.82) is 0 Å². The van der Waals surface area contributed by atoms with Crippen LogP contribution in [0.1, 0.15) is 11.1 Å². The lowest BCUT2D eigenvalue weighted by molar-refractivity contribution is 0.381. The smallest absolute Gasteiger partial charge is 0.234 e. The summed E-state index contributed by atoms with van der Waals surface area (Å²) in [5.41, 5.74) is 3.57. The van der Waals surface area contributed by atoms with E-state index in [1.165, 1.54) is 12.1 Å². The Morgan fingerprint density at radius 2 is 0.979 bits per heavy atom. The van der Waals surface area contributed by atoms with Crippen molar-refractivity contribution in [1.82, 2.24) is 9.13 Å². The number of para-hydroxylation sites is 2. The molecular formula is C39H22F5N3. The van der Waals surface area contributed by atoms with Crippen LogP contribution in [0.15, 0.2) is 97.1 Å². The molecule has 0 aliphatic carbocycles. The van der Waals surface area contributed by atoms with Gasteiger partial charge in [-0.2, -0.15) is 0 Å². The average Bonchev–Trinajstić information content (AvgIpc) is 3.57. The normalized spacial score (nSPS) is 11.7. The van der Waals surface area contributed by atoms with Gasteiger partial charge in [0.15, 0.2) is 23.3 Å². The van der Waals surface area contributed by atoms with Gasteiger partial charge in [0.1, 0.15) is 0 Å². The zero-order chi connectivity index (χ0) is 32.7. The highest BCUT2D eigenvalue weighted by Crippen LogP contribution is 2.47. The Morgan fingerprint density at radius 1 is 0.511 bits per heavy atom. The SMILES string of the molecule is [C-]#[N+]c1c(-n2c3ccccc3c3ccc(C)cc32)ccc(-c2c(F)c(F)c(F)c(F)c2F)c1-n1c2ccccc2c2ccc(C)cc21. The van der Waals surface area contributed by atoms with E-state index in [9.17, 15) is 13.2 Å². The van der Waals surface area contributed by atoms with E-state index in [2.05, 4.69) is 4.85 Å². The summed E-state index contributed by atoms with van der Waals surface area (Å²) in [6.07, 6.45) is 0. The van der Waals surface area contributed by atoms with Gasteiger partial charge in [0.25, 0.3) is 0 Å². The molecule has 8 aromatic rings. The molecule has 0 unspecified atom stereocenters. The molecule has 47 heavy (non-hydrogen) atoms. The Balaban J connectivity index is 1.62. The van der Waals surface area contributed by atoms with Crippen LogP contribution in [0.2, 0.25) is 0 Å². The zero-order valence-electron chi connectivity index (χ0n) is 25.0. The number of rotatable bonds is 3. The Labute approximate surface area is 265 Å². The Bertz CT molecular complexity index is 2650. The van der Waals surface area contributed by atoms with Crippen LogP contribution in [0, 0.1) is 49.5 Å². The molecule has 0 radical (unpaired) electrons. The fraction of sp³-hybridized carbons (Fsp3) is 0.0513. The molecular weight excluding hydrogens is 605 g/mol. The van der Waals surface area contributed by atoms with Crippen molar-refractivity contribution in [3.05, 3.63) is 149 Å². The van der Waals surface area contributed by atoms with Gasteiger partial charge in [0.2, 0.25) is 11.5 Å². The van der Waals surface area contributed by atoms with E-state index in [1.807, 2.05) is 91.2 Å². The summed E-state index contributed by atoms with van der Waals surface area (Å²) in [5, 5.41) is 3.44. The second-order valence-electron chi connectivity index (χ2n) is 11.6. The van der Waals surface area contributed by atoms with E-state index in [0.29, 0.717) is 16.7 Å². The molecule has 0 saturated heterocycles. The molecule has 0 aliphatic rings. The molecule has 8 rings (SSSR count). The highest BCUT2D eigenvalue weighted by Gasteiger charge is 2.31. The number of aromatic nitrogens is 2. The first-order chi connectivity index (χ1) is 22.7. The maximum atomic E-state index is 15.7. The maximum absolute atomic E-state index is 15.7. The monoisotopic (exact) mass is 627 g/mol. The molecule has 6 aromatic carbocycles. The Kier molecular flexibility index (Phi) is 6.25. The van der Waals surface area contributed by atoms with Gasteiger partial charge in [0, 0.05) is 27.1 Å². The second-order valence-corrected chi connectivity index (χ2v) is 11.6. The van der Waals surface area contributed by atoms with Gasteiger partial charge in [-0.05, 0) is 55.3 Å². The largest absolute Gasteiger partial charge is 0.319 e. The van der Waals surface area contributed by atoms with Crippen molar-refractivity contribution in [3.8, 4) is 22.5 Å².